The number of methoxy groups -OCH3 is 1. The molecule has 2 rings (SSSR count). The van der Waals surface area contributed by atoms with Crippen molar-refractivity contribution in [3.05, 3.63) is 58.9 Å². The van der Waals surface area contributed by atoms with Gasteiger partial charge in [-0.2, -0.15) is 0 Å². The molecule has 2 aromatic carbocycles. The summed E-state index contributed by atoms with van der Waals surface area (Å²) in [7, 11) is 5.44. The van der Waals surface area contributed by atoms with Crippen LogP contribution in [-0.2, 0) is 0 Å². The van der Waals surface area contributed by atoms with Crippen molar-refractivity contribution >= 4 is 23.3 Å². The van der Waals surface area contributed by atoms with E-state index in [0.717, 1.165) is 11.3 Å². The highest BCUT2D eigenvalue weighted by Crippen LogP contribution is 2.23. The normalized spacial score (nSPS) is 11.9. The van der Waals surface area contributed by atoms with Crippen molar-refractivity contribution < 1.29 is 13.9 Å². The molecular formula is C18H21ClFN3O2. The minimum atomic E-state index is -0.656. The molecule has 0 spiro atoms. The summed E-state index contributed by atoms with van der Waals surface area (Å²) in [5, 5.41) is 5.18. The Morgan fingerprint density at radius 1 is 1.28 bits per heavy atom. The van der Waals surface area contributed by atoms with Gasteiger partial charge < -0.3 is 20.3 Å². The molecule has 7 heteroatoms. The summed E-state index contributed by atoms with van der Waals surface area (Å²) in [6.07, 6.45) is 0. The van der Waals surface area contributed by atoms with Gasteiger partial charge >= 0.3 is 6.03 Å². The molecule has 2 aromatic rings. The number of ether oxygens (including phenoxy) is 1. The van der Waals surface area contributed by atoms with E-state index in [9.17, 15) is 9.18 Å². The lowest BCUT2D eigenvalue weighted by Gasteiger charge is -2.25. The van der Waals surface area contributed by atoms with Crippen LogP contribution in [-0.4, -0.2) is 38.7 Å². The Kier molecular flexibility index (Phi) is 6.61. The number of likely N-dealkylation sites (N-methyl/N-ethyl adjacent to an activating group) is 1. The van der Waals surface area contributed by atoms with Crippen LogP contribution >= 0.6 is 11.6 Å². The van der Waals surface area contributed by atoms with Crippen LogP contribution in [0.25, 0.3) is 0 Å². The highest BCUT2D eigenvalue weighted by molar-refractivity contribution is 6.31. The summed E-state index contributed by atoms with van der Waals surface area (Å²) in [5.74, 6) is 0.0890. The number of benzene rings is 2. The molecule has 25 heavy (non-hydrogen) atoms. The fourth-order valence-electron chi connectivity index (χ4n) is 2.40. The van der Waals surface area contributed by atoms with Gasteiger partial charge in [0.1, 0.15) is 5.75 Å². The predicted molar refractivity (Wildman–Crippen MR) is 97.9 cm³/mol. The van der Waals surface area contributed by atoms with Crippen LogP contribution < -0.4 is 15.4 Å². The fourth-order valence-corrected chi connectivity index (χ4v) is 2.58. The molecule has 5 nitrogen and oxygen atoms in total. The van der Waals surface area contributed by atoms with E-state index in [1.807, 2.05) is 43.3 Å². The maximum absolute atomic E-state index is 13.8. The van der Waals surface area contributed by atoms with Crippen molar-refractivity contribution in [3.8, 4) is 5.75 Å². The highest BCUT2D eigenvalue weighted by atomic mass is 35.5. The molecule has 0 saturated carbocycles. The molecule has 0 bridgehead atoms. The van der Waals surface area contributed by atoms with Crippen molar-refractivity contribution in [2.75, 3.05) is 33.1 Å². The van der Waals surface area contributed by atoms with Gasteiger partial charge in [0, 0.05) is 6.54 Å². The molecule has 2 amide bonds. The second kappa shape index (κ2) is 8.69. The Hall–Kier alpha value is -2.31. The Bertz CT molecular complexity index is 740. The maximum atomic E-state index is 13.8. The van der Waals surface area contributed by atoms with E-state index >= 15 is 0 Å². The average Bonchev–Trinajstić information content (AvgIpc) is 2.59. The molecule has 0 radical (unpaired) electrons. The number of amides is 2. The predicted octanol–water partition coefficient (Wildman–Crippen LogP) is 3.91. The van der Waals surface area contributed by atoms with E-state index in [2.05, 4.69) is 10.6 Å². The summed E-state index contributed by atoms with van der Waals surface area (Å²) in [5.41, 5.74) is 1.03. The Labute approximate surface area is 151 Å². The third-order valence-corrected chi connectivity index (χ3v) is 4.05. The van der Waals surface area contributed by atoms with Crippen LogP contribution in [0, 0.1) is 5.82 Å². The zero-order valence-electron chi connectivity index (χ0n) is 14.3. The van der Waals surface area contributed by atoms with Crippen LogP contribution in [0.5, 0.6) is 5.75 Å². The first kappa shape index (κ1) is 19.0. The lowest BCUT2D eigenvalue weighted by Crippen LogP contribution is -2.37. The molecule has 2 N–H and O–H groups in total. The summed E-state index contributed by atoms with van der Waals surface area (Å²) in [4.78, 5) is 14.1. The summed E-state index contributed by atoms with van der Waals surface area (Å²) >= 11 is 5.71. The Morgan fingerprint density at radius 3 is 2.68 bits per heavy atom. The lowest BCUT2D eigenvalue weighted by molar-refractivity contribution is 0.243. The quantitative estimate of drug-likeness (QED) is 0.816. The number of carbonyl (C=O) groups excluding carboxylic acids is 1. The largest absolute Gasteiger partial charge is 0.497 e. The van der Waals surface area contributed by atoms with E-state index in [-0.39, 0.29) is 16.8 Å². The number of halogens is 2. The van der Waals surface area contributed by atoms with Crippen LogP contribution in [0.3, 0.4) is 0 Å². The van der Waals surface area contributed by atoms with E-state index in [1.54, 1.807) is 13.2 Å². The molecule has 0 fully saturated rings. The second-order valence-corrected chi connectivity index (χ2v) is 6.10. The van der Waals surface area contributed by atoms with Crippen molar-refractivity contribution in [3.63, 3.8) is 0 Å². The van der Waals surface area contributed by atoms with Gasteiger partial charge in [0.25, 0.3) is 0 Å². The molecular weight excluding hydrogens is 345 g/mol. The molecule has 0 aliphatic heterocycles. The standard InChI is InChI=1S/C18H21ClFN3O2/c1-23(2)16(12-6-4-7-13(10-12)25-3)11-21-18(24)22-15-9-5-8-14(19)17(15)20/h4-10,16H,11H2,1-3H3,(H2,21,22,24). The van der Waals surface area contributed by atoms with Crippen molar-refractivity contribution in [2.24, 2.45) is 0 Å². The van der Waals surface area contributed by atoms with E-state index in [1.165, 1.54) is 12.1 Å². The van der Waals surface area contributed by atoms with Crippen molar-refractivity contribution in [1.29, 1.82) is 0 Å². The summed E-state index contributed by atoms with van der Waals surface area (Å²) in [6, 6.07) is 11.5. The van der Waals surface area contributed by atoms with Gasteiger partial charge in [0.05, 0.1) is 23.9 Å². The van der Waals surface area contributed by atoms with Crippen molar-refractivity contribution in [2.45, 2.75) is 6.04 Å². The van der Waals surface area contributed by atoms with Gasteiger partial charge in [0.15, 0.2) is 5.82 Å². The highest BCUT2D eigenvalue weighted by Gasteiger charge is 2.17. The lowest BCUT2D eigenvalue weighted by atomic mass is 10.1. The second-order valence-electron chi connectivity index (χ2n) is 5.69. The van der Waals surface area contributed by atoms with Gasteiger partial charge in [-0.3, -0.25) is 0 Å². The van der Waals surface area contributed by atoms with Crippen LogP contribution in [0.15, 0.2) is 42.5 Å². The monoisotopic (exact) mass is 365 g/mol. The third-order valence-electron chi connectivity index (χ3n) is 3.76. The molecule has 0 saturated heterocycles. The number of anilines is 1. The number of hydrogen-bond acceptors (Lipinski definition) is 3. The number of carbonyl (C=O) groups is 1. The van der Waals surface area contributed by atoms with Gasteiger partial charge in [0.2, 0.25) is 0 Å². The number of nitrogens with one attached hydrogen (secondary N) is 2. The van der Waals surface area contributed by atoms with Gasteiger partial charge in [-0.05, 0) is 43.9 Å². The summed E-state index contributed by atoms with van der Waals surface area (Å²) < 4.78 is 19.1. The van der Waals surface area contributed by atoms with E-state index < -0.39 is 11.8 Å². The molecule has 0 heterocycles. The van der Waals surface area contributed by atoms with Gasteiger partial charge in [-0.25, -0.2) is 9.18 Å². The average molecular weight is 366 g/mol. The number of hydrogen-bond donors (Lipinski definition) is 2. The van der Waals surface area contributed by atoms with Gasteiger partial charge in [-0.1, -0.05) is 29.8 Å². The Morgan fingerprint density at radius 2 is 2.00 bits per heavy atom. The van der Waals surface area contributed by atoms with E-state index in [4.69, 9.17) is 16.3 Å². The number of urea groups is 1. The molecule has 0 aliphatic carbocycles. The topological polar surface area (TPSA) is 53.6 Å². The molecule has 1 atom stereocenters. The van der Waals surface area contributed by atoms with Crippen LogP contribution in [0.1, 0.15) is 11.6 Å². The van der Waals surface area contributed by atoms with Crippen LogP contribution in [0.4, 0.5) is 14.9 Å². The van der Waals surface area contributed by atoms with E-state index in [0.29, 0.717) is 6.54 Å². The summed E-state index contributed by atoms with van der Waals surface area (Å²) in [6.45, 7) is 0.341. The first-order valence-corrected chi connectivity index (χ1v) is 8.09. The molecule has 0 aliphatic rings. The number of rotatable bonds is 6. The first-order valence-electron chi connectivity index (χ1n) is 7.71. The SMILES string of the molecule is COc1cccc(C(CNC(=O)Nc2cccc(Cl)c2F)N(C)C)c1. The molecule has 1 unspecified atom stereocenters. The van der Waals surface area contributed by atoms with Crippen molar-refractivity contribution in [1.82, 2.24) is 10.2 Å². The minimum absolute atomic E-state index is 0.0350. The molecule has 134 valence electrons. The third kappa shape index (κ3) is 5.08. The minimum Gasteiger partial charge on any atom is -0.497 e. The zero-order valence-corrected chi connectivity index (χ0v) is 15.1. The van der Waals surface area contributed by atoms with Gasteiger partial charge in [-0.15, -0.1) is 0 Å². The van der Waals surface area contributed by atoms with Crippen LogP contribution in [0.2, 0.25) is 5.02 Å². The zero-order chi connectivity index (χ0) is 18.4. The smallest absolute Gasteiger partial charge is 0.319 e. The number of nitrogens with zero attached hydrogens (tertiary/aromatic N) is 1. The molecule has 0 aromatic heterocycles. The Balaban J connectivity index is 2.03. The maximum Gasteiger partial charge on any atom is 0.319 e. The first-order chi connectivity index (χ1) is 11.9. The fraction of sp³-hybridized carbons (Fsp3) is 0.278.